The van der Waals surface area contributed by atoms with E-state index in [1.165, 1.54) is 4.88 Å². The average molecular weight is 222 g/mol. The van der Waals surface area contributed by atoms with Gasteiger partial charge in [0.25, 0.3) is 0 Å². The zero-order chi connectivity index (χ0) is 10.9. The third kappa shape index (κ3) is 5.53. The minimum Gasteiger partial charge on any atom is -0.300 e. The molecule has 0 aliphatic carbocycles. The molecule has 1 nitrogen and oxygen atoms in total. The summed E-state index contributed by atoms with van der Waals surface area (Å²) in [5, 5.41) is 2.08. The van der Waals surface area contributed by atoms with Gasteiger partial charge in [-0.05, 0) is 37.1 Å². The van der Waals surface area contributed by atoms with Crippen LogP contribution in [0.4, 0.5) is 0 Å². The second kappa shape index (κ2) is 7.41. The maximum Gasteiger partial charge on any atom is 0.132 e. The Morgan fingerprint density at radius 2 is 2.20 bits per heavy atom. The van der Waals surface area contributed by atoms with Crippen LogP contribution in [-0.2, 0) is 11.2 Å². The third-order valence-electron chi connectivity index (χ3n) is 2.32. The number of carbonyl (C=O) groups is 1. The van der Waals surface area contributed by atoms with E-state index >= 15 is 0 Å². The highest BCUT2D eigenvalue weighted by molar-refractivity contribution is 7.09. The van der Waals surface area contributed by atoms with Crippen molar-refractivity contribution >= 4 is 17.1 Å². The summed E-state index contributed by atoms with van der Waals surface area (Å²) in [7, 11) is 0. The zero-order valence-corrected chi connectivity index (χ0v) is 9.89. The standard InChI is InChI=1S/C13H18OS/c1-2-3-4-7-12(14)8-5-9-13-10-6-11-15-13/h2,6,10-11H,1,3-5,7-9H2. The topological polar surface area (TPSA) is 17.1 Å². The Hall–Kier alpha value is -0.890. The molecular weight excluding hydrogens is 204 g/mol. The van der Waals surface area contributed by atoms with Crippen molar-refractivity contribution in [3.05, 3.63) is 35.0 Å². The van der Waals surface area contributed by atoms with Crippen molar-refractivity contribution in [3.8, 4) is 0 Å². The zero-order valence-electron chi connectivity index (χ0n) is 9.08. The summed E-state index contributed by atoms with van der Waals surface area (Å²) in [6.07, 6.45) is 7.28. The Bertz CT molecular complexity index is 287. The van der Waals surface area contributed by atoms with Crippen molar-refractivity contribution in [2.75, 3.05) is 0 Å². The second-order valence-corrected chi connectivity index (χ2v) is 4.68. The third-order valence-corrected chi connectivity index (χ3v) is 3.26. The fourth-order valence-electron chi connectivity index (χ4n) is 1.48. The van der Waals surface area contributed by atoms with Crippen LogP contribution in [-0.4, -0.2) is 5.78 Å². The van der Waals surface area contributed by atoms with E-state index in [4.69, 9.17) is 0 Å². The first-order valence-corrected chi connectivity index (χ1v) is 6.36. The van der Waals surface area contributed by atoms with Gasteiger partial charge < -0.3 is 0 Å². The molecule has 0 fully saturated rings. The van der Waals surface area contributed by atoms with Crippen LogP contribution in [0.3, 0.4) is 0 Å². The Morgan fingerprint density at radius 1 is 1.40 bits per heavy atom. The predicted octanol–water partition coefficient (Wildman–Crippen LogP) is 4.00. The Kier molecular flexibility index (Phi) is 6.02. The summed E-state index contributed by atoms with van der Waals surface area (Å²) in [6, 6.07) is 4.19. The lowest BCUT2D eigenvalue weighted by molar-refractivity contribution is -0.119. The number of ketones is 1. The number of thiophene rings is 1. The van der Waals surface area contributed by atoms with Crippen LogP contribution in [0.1, 0.15) is 37.0 Å². The first-order chi connectivity index (χ1) is 7.33. The van der Waals surface area contributed by atoms with Gasteiger partial charge in [-0.1, -0.05) is 12.1 Å². The second-order valence-electron chi connectivity index (χ2n) is 3.65. The normalized spacial score (nSPS) is 10.1. The lowest BCUT2D eigenvalue weighted by Gasteiger charge is -1.99. The minimum atomic E-state index is 0.397. The van der Waals surface area contributed by atoms with Gasteiger partial charge in [-0.25, -0.2) is 0 Å². The van der Waals surface area contributed by atoms with Crippen LogP contribution in [0.2, 0.25) is 0 Å². The number of rotatable bonds is 8. The molecular formula is C13H18OS. The van der Waals surface area contributed by atoms with Gasteiger partial charge in [0, 0.05) is 17.7 Å². The van der Waals surface area contributed by atoms with Crippen LogP contribution < -0.4 is 0 Å². The van der Waals surface area contributed by atoms with E-state index in [2.05, 4.69) is 24.1 Å². The van der Waals surface area contributed by atoms with Gasteiger partial charge in [-0.3, -0.25) is 4.79 Å². The highest BCUT2D eigenvalue weighted by Gasteiger charge is 2.01. The molecule has 0 saturated carbocycles. The summed E-state index contributed by atoms with van der Waals surface area (Å²) in [5.74, 6) is 0.397. The monoisotopic (exact) mass is 222 g/mol. The van der Waals surface area contributed by atoms with Crippen LogP contribution in [0, 0.1) is 0 Å². The van der Waals surface area contributed by atoms with E-state index in [0.717, 1.165) is 38.5 Å². The molecule has 0 N–H and O–H groups in total. The van der Waals surface area contributed by atoms with Crippen LogP contribution in [0.15, 0.2) is 30.2 Å². The quantitative estimate of drug-likeness (QED) is 0.480. The molecule has 0 radical (unpaired) electrons. The molecule has 82 valence electrons. The molecule has 0 unspecified atom stereocenters. The van der Waals surface area contributed by atoms with Gasteiger partial charge in [0.2, 0.25) is 0 Å². The lowest BCUT2D eigenvalue weighted by atomic mass is 10.1. The van der Waals surface area contributed by atoms with Crippen molar-refractivity contribution in [1.82, 2.24) is 0 Å². The Morgan fingerprint density at radius 3 is 2.87 bits per heavy atom. The van der Waals surface area contributed by atoms with Crippen molar-refractivity contribution in [2.24, 2.45) is 0 Å². The van der Waals surface area contributed by atoms with Gasteiger partial charge in [0.05, 0.1) is 0 Å². The number of hydrogen-bond donors (Lipinski definition) is 0. The molecule has 2 heteroatoms. The van der Waals surface area contributed by atoms with Gasteiger partial charge in [-0.2, -0.15) is 0 Å². The average Bonchev–Trinajstić information content (AvgIpc) is 2.71. The molecule has 1 heterocycles. The van der Waals surface area contributed by atoms with Crippen LogP contribution in [0.25, 0.3) is 0 Å². The fraction of sp³-hybridized carbons (Fsp3) is 0.462. The lowest BCUT2D eigenvalue weighted by Crippen LogP contribution is -1.98. The van der Waals surface area contributed by atoms with E-state index in [0.29, 0.717) is 5.78 Å². The summed E-state index contributed by atoms with van der Waals surface area (Å²) in [5.41, 5.74) is 0. The van der Waals surface area contributed by atoms with Crippen molar-refractivity contribution in [1.29, 1.82) is 0 Å². The molecule has 0 saturated heterocycles. The summed E-state index contributed by atoms with van der Waals surface area (Å²) in [4.78, 5) is 12.8. The van der Waals surface area contributed by atoms with E-state index in [-0.39, 0.29) is 0 Å². The Labute approximate surface area is 95.8 Å². The molecule has 0 bridgehead atoms. The minimum absolute atomic E-state index is 0.397. The van der Waals surface area contributed by atoms with Crippen LogP contribution >= 0.6 is 11.3 Å². The molecule has 1 rings (SSSR count). The predicted molar refractivity (Wildman–Crippen MR) is 66.3 cm³/mol. The summed E-state index contributed by atoms with van der Waals surface area (Å²) >= 11 is 1.77. The Balaban J connectivity index is 2.04. The fourth-order valence-corrected chi connectivity index (χ4v) is 2.23. The first-order valence-electron chi connectivity index (χ1n) is 5.48. The van der Waals surface area contributed by atoms with Gasteiger partial charge in [0.1, 0.15) is 5.78 Å². The highest BCUT2D eigenvalue weighted by Crippen LogP contribution is 2.12. The number of aryl methyl sites for hydroxylation is 1. The summed E-state index contributed by atoms with van der Waals surface area (Å²) < 4.78 is 0. The molecule has 1 aromatic heterocycles. The van der Waals surface area contributed by atoms with Gasteiger partial charge in [-0.15, -0.1) is 17.9 Å². The van der Waals surface area contributed by atoms with E-state index in [9.17, 15) is 4.79 Å². The largest absolute Gasteiger partial charge is 0.300 e. The number of hydrogen-bond acceptors (Lipinski definition) is 2. The molecule has 0 amide bonds. The van der Waals surface area contributed by atoms with Gasteiger partial charge in [0.15, 0.2) is 0 Å². The molecule has 1 aromatic rings. The number of Topliss-reactive ketones (excluding diaryl/α,β-unsaturated/α-hetero) is 1. The van der Waals surface area contributed by atoms with E-state index in [1.807, 2.05) is 6.08 Å². The molecule has 0 aliphatic rings. The molecule has 0 aliphatic heterocycles. The molecule has 15 heavy (non-hydrogen) atoms. The SMILES string of the molecule is C=CCCCC(=O)CCCc1cccs1. The number of carbonyl (C=O) groups excluding carboxylic acids is 1. The van der Waals surface area contributed by atoms with Crippen LogP contribution in [0.5, 0.6) is 0 Å². The summed E-state index contributed by atoms with van der Waals surface area (Å²) in [6.45, 7) is 3.64. The van der Waals surface area contributed by atoms with Crippen molar-refractivity contribution < 1.29 is 4.79 Å². The smallest absolute Gasteiger partial charge is 0.132 e. The molecule has 0 atom stereocenters. The maximum atomic E-state index is 11.4. The highest BCUT2D eigenvalue weighted by atomic mass is 32.1. The molecule has 0 spiro atoms. The van der Waals surface area contributed by atoms with Crippen molar-refractivity contribution in [2.45, 2.75) is 38.5 Å². The maximum absolute atomic E-state index is 11.4. The molecule has 0 aromatic carbocycles. The van der Waals surface area contributed by atoms with E-state index < -0.39 is 0 Å². The number of unbranched alkanes of at least 4 members (excludes halogenated alkanes) is 1. The van der Waals surface area contributed by atoms with Crippen molar-refractivity contribution in [3.63, 3.8) is 0 Å². The van der Waals surface area contributed by atoms with E-state index in [1.54, 1.807) is 11.3 Å². The van der Waals surface area contributed by atoms with Gasteiger partial charge >= 0.3 is 0 Å². The number of allylic oxidation sites excluding steroid dienone is 1. The first kappa shape index (κ1) is 12.2.